The van der Waals surface area contributed by atoms with Gasteiger partial charge in [-0.2, -0.15) is 0 Å². The van der Waals surface area contributed by atoms with Crippen molar-refractivity contribution in [3.8, 4) is 0 Å². The molecule has 2 rings (SSSR count). The van der Waals surface area contributed by atoms with Crippen LogP contribution in [0.25, 0.3) is 0 Å². The topological polar surface area (TPSA) is 95.3 Å². The summed E-state index contributed by atoms with van der Waals surface area (Å²) in [7, 11) is 0. The maximum atomic E-state index is 11.9. The third-order valence-electron chi connectivity index (χ3n) is 2.95. The minimum atomic E-state index is -1.34. The van der Waals surface area contributed by atoms with E-state index in [4.69, 9.17) is 4.42 Å². The highest BCUT2D eigenvalue weighted by atomic mass is 16.4. The molecule has 1 amide bonds. The number of pyridine rings is 1. The Morgan fingerprint density at radius 3 is 2.80 bits per heavy atom. The van der Waals surface area contributed by atoms with Gasteiger partial charge in [0.05, 0.1) is 12.8 Å². The van der Waals surface area contributed by atoms with Gasteiger partial charge in [0.2, 0.25) is 0 Å². The predicted molar refractivity (Wildman–Crippen MR) is 72.4 cm³/mol. The van der Waals surface area contributed by atoms with Crippen molar-refractivity contribution in [1.82, 2.24) is 10.3 Å². The summed E-state index contributed by atoms with van der Waals surface area (Å²) >= 11 is 0. The van der Waals surface area contributed by atoms with Crippen molar-refractivity contribution in [2.24, 2.45) is 0 Å². The van der Waals surface area contributed by atoms with E-state index >= 15 is 0 Å². The summed E-state index contributed by atoms with van der Waals surface area (Å²) in [5, 5.41) is 12.7. The monoisotopic (exact) mass is 276 g/mol. The van der Waals surface area contributed by atoms with Crippen molar-refractivity contribution < 1.29 is 14.3 Å². The lowest BCUT2D eigenvalue weighted by Gasteiger charge is -2.21. The van der Waals surface area contributed by atoms with E-state index in [1.807, 2.05) is 0 Å². The average molecular weight is 276 g/mol. The molecule has 0 aliphatic heterocycles. The molecule has 0 aliphatic rings. The number of aliphatic hydroxyl groups is 1. The lowest BCUT2D eigenvalue weighted by molar-refractivity contribution is 0.0330. The van der Waals surface area contributed by atoms with E-state index in [0.717, 1.165) is 0 Å². The summed E-state index contributed by atoms with van der Waals surface area (Å²) in [6, 6.07) is 6.35. The zero-order chi connectivity index (χ0) is 14.8. The van der Waals surface area contributed by atoms with E-state index < -0.39 is 17.1 Å². The second-order valence-electron chi connectivity index (χ2n) is 4.82. The van der Waals surface area contributed by atoms with Gasteiger partial charge in [-0.25, -0.2) is 0 Å². The summed E-state index contributed by atoms with van der Waals surface area (Å²) in [5.41, 5.74) is -1.11. The average Bonchev–Trinajstić information content (AvgIpc) is 2.90. The van der Waals surface area contributed by atoms with Crippen LogP contribution in [0.3, 0.4) is 0 Å². The van der Waals surface area contributed by atoms with Crippen molar-refractivity contribution in [1.29, 1.82) is 0 Å². The highest BCUT2D eigenvalue weighted by molar-refractivity contribution is 5.93. The van der Waals surface area contributed by atoms with Crippen LogP contribution in [-0.4, -0.2) is 22.5 Å². The Balaban J connectivity index is 2.07. The third-order valence-corrected chi connectivity index (χ3v) is 2.95. The van der Waals surface area contributed by atoms with Gasteiger partial charge >= 0.3 is 0 Å². The smallest absolute Gasteiger partial charge is 0.260 e. The highest BCUT2D eigenvalue weighted by Crippen LogP contribution is 2.19. The number of aryl methyl sites for hydroxylation is 1. The van der Waals surface area contributed by atoms with Gasteiger partial charge in [-0.05, 0) is 38.1 Å². The van der Waals surface area contributed by atoms with Crippen LogP contribution in [0.15, 0.2) is 39.7 Å². The number of hydrogen-bond acceptors (Lipinski definition) is 4. The molecule has 20 heavy (non-hydrogen) atoms. The van der Waals surface area contributed by atoms with Crippen LogP contribution in [-0.2, 0) is 5.60 Å². The van der Waals surface area contributed by atoms with Crippen LogP contribution < -0.4 is 10.9 Å². The van der Waals surface area contributed by atoms with Crippen molar-refractivity contribution in [3.63, 3.8) is 0 Å². The Morgan fingerprint density at radius 1 is 1.45 bits per heavy atom. The minimum Gasteiger partial charge on any atom is -0.466 e. The van der Waals surface area contributed by atoms with Crippen LogP contribution in [0.2, 0.25) is 0 Å². The molecule has 0 aromatic carbocycles. The number of furan rings is 1. The molecule has 6 nitrogen and oxygen atoms in total. The second-order valence-corrected chi connectivity index (χ2v) is 4.82. The molecule has 0 radical (unpaired) electrons. The molecule has 106 valence electrons. The molecule has 0 fully saturated rings. The molecule has 2 aromatic heterocycles. The van der Waals surface area contributed by atoms with E-state index in [1.54, 1.807) is 25.1 Å². The first kappa shape index (κ1) is 14.1. The van der Waals surface area contributed by atoms with Gasteiger partial charge in [0.25, 0.3) is 11.5 Å². The minimum absolute atomic E-state index is 0.00541. The van der Waals surface area contributed by atoms with Crippen LogP contribution in [0.1, 0.15) is 28.7 Å². The molecular weight excluding hydrogens is 260 g/mol. The number of aromatic amines is 1. The van der Waals surface area contributed by atoms with Gasteiger partial charge < -0.3 is 19.8 Å². The van der Waals surface area contributed by atoms with Crippen molar-refractivity contribution >= 4 is 5.91 Å². The molecule has 2 aromatic rings. The van der Waals surface area contributed by atoms with Crippen molar-refractivity contribution in [2.75, 3.05) is 6.54 Å². The lowest BCUT2D eigenvalue weighted by atomic mass is 10.0. The summed E-state index contributed by atoms with van der Waals surface area (Å²) in [4.78, 5) is 26.1. The first-order chi connectivity index (χ1) is 9.40. The van der Waals surface area contributed by atoms with E-state index in [0.29, 0.717) is 11.5 Å². The van der Waals surface area contributed by atoms with Crippen LogP contribution in [0.5, 0.6) is 0 Å². The molecule has 0 aliphatic carbocycles. The summed E-state index contributed by atoms with van der Waals surface area (Å²) < 4.78 is 5.11. The summed E-state index contributed by atoms with van der Waals surface area (Å²) in [5.74, 6) is -0.200. The molecule has 1 unspecified atom stereocenters. The molecule has 2 heterocycles. The first-order valence-corrected chi connectivity index (χ1v) is 6.14. The van der Waals surface area contributed by atoms with Crippen molar-refractivity contribution in [2.45, 2.75) is 19.4 Å². The van der Waals surface area contributed by atoms with Gasteiger partial charge in [-0.3, -0.25) is 9.59 Å². The molecule has 0 spiro atoms. The third kappa shape index (κ3) is 2.97. The molecule has 6 heteroatoms. The maximum Gasteiger partial charge on any atom is 0.260 e. The second kappa shape index (κ2) is 5.34. The largest absolute Gasteiger partial charge is 0.466 e. The predicted octanol–water partition coefficient (Wildman–Crippen LogP) is 0.914. The first-order valence-electron chi connectivity index (χ1n) is 6.14. The molecule has 1 atom stereocenters. The SMILES string of the molecule is Cc1ccc(C(=O)NCC(C)(O)c2ccco2)c(=O)[nH]1. The van der Waals surface area contributed by atoms with Crippen LogP contribution >= 0.6 is 0 Å². The van der Waals surface area contributed by atoms with Gasteiger partial charge in [-0.1, -0.05) is 0 Å². The quantitative estimate of drug-likeness (QED) is 0.773. The van der Waals surface area contributed by atoms with E-state index in [-0.39, 0.29) is 12.1 Å². The molecule has 0 saturated heterocycles. The number of carbonyl (C=O) groups is 1. The van der Waals surface area contributed by atoms with E-state index in [1.165, 1.54) is 19.3 Å². The fraction of sp³-hybridized carbons (Fsp3) is 0.286. The lowest BCUT2D eigenvalue weighted by Crippen LogP contribution is -2.40. The number of hydrogen-bond donors (Lipinski definition) is 3. The Labute approximate surface area is 115 Å². The van der Waals surface area contributed by atoms with Crippen LogP contribution in [0, 0.1) is 6.92 Å². The molecular formula is C14H16N2O4. The standard InChI is InChI=1S/C14H16N2O4/c1-9-5-6-10(13(18)16-9)12(17)15-8-14(2,19)11-4-3-7-20-11/h3-7,19H,8H2,1-2H3,(H,15,17)(H,16,18). The van der Waals surface area contributed by atoms with Crippen molar-refractivity contribution in [3.05, 3.63) is 57.9 Å². The highest BCUT2D eigenvalue weighted by Gasteiger charge is 2.27. The Morgan fingerprint density at radius 2 is 2.20 bits per heavy atom. The van der Waals surface area contributed by atoms with E-state index in [9.17, 15) is 14.7 Å². The maximum absolute atomic E-state index is 11.9. The van der Waals surface area contributed by atoms with Gasteiger partial charge in [-0.15, -0.1) is 0 Å². The molecule has 0 saturated carbocycles. The van der Waals surface area contributed by atoms with Crippen LogP contribution in [0.4, 0.5) is 0 Å². The molecule has 0 bridgehead atoms. The zero-order valence-corrected chi connectivity index (χ0v) is 11.3. The Bertz CT molecular complexity index is 656. The normalized spacial score (nSPS) is 13.8. The number of rotatable bonds is 4. The van der Waals surface area contributed by atoms with Gasteiger partial charge in [0.15, 0.2) is 0 Å². The number of H-pyrrole nitrogens is 1. The van der Waals surface area contributed by atoms with E-state index in [2.05, 4.69) is 10.3 Å². The fourth-order valence-electron chi connectivity index (χ4n) is 1.77. The number of aromatic nitrogens is 1. The summed E-state index contributed by atoms with van der Waals surface area (Å²) in [6.45, 7) is 3.18. The molecule has 3 N–H and O–H groups in total. The zero-order valence-electron chi connectivity index (χ0n) is 11.3. The summed E-state index contributed by atoms with van der Waals surface area (Å²) in [6.07, 6.45) is 1.44. The number of nitrogens with one attached hydrogen (secondary N) is 2. The van der Waals surface area contributed by atoms with Gasteiger partial charge in [0.1, 0.15) is 16.9 Å². The Hall–Kier alpha value is -2.34. The fourth-order valence-corrected chi connectivity index (χ4v) is 1.77. The number of amides is 1. The number of carbonyl (C=O) groups excluding carboxylic acids is 1. The van der Waals surface area contributed by atoms with Gasteiger partial charge in [0, 0.05) is 5.69 Å². The Kier molecular flexibility index (Phi) is 3.76.